The third-order valence-corrected chi connectivity index (χ3v) is 7.67. The number of nitrogens with one attached hydrogen (secondary N) is 2. The highest BCUT2D eigenvalue weighted by molar-refractivity contribution is 14.0. The Labute approximate surface area is 188 Å². The summed E-state index contributed by atoms with van der Waals surface area (Å²) in [7, 11) is 0. The Morgan fingerprint density at radius 2 is 1.75 bits per heavy atom. The van der Waals surface area contributed by atoms with Gasteiger partial charge in [-0.3, -0.25) is 4.99 Å². The van der Waals surface area contributed by atoms with Crippen molar-refractivity contribution in [1.29, 1.82) is 0 Å². The Kier molecular flexibility index (Phi) is 7.93. The Morgan fingerprint density at radius 3 is 2.43 bits per heavy atom. The van der Waals surface area contributed by atoms with Crippen molar-refractivity contribution >= 4 is 29.9 Å². The van der Waals surface area contributed by atoms with Crippen LogP contribution in [0.3, 0.4) is 0 Å². The minimum atomic E-state index is 0. The van der Waals surface area contributed by atoms with Crippen molar-refractivity contribution in [3.05, 3.63) is 0 Å². The van der Waals surface area contributed by atoms with Gasteiger partial charge in [-0.1, -0.05) is 33.1 Å². The fourth-order valence-electron chi connectivity index (χ4n) is 6.10. The van der Waals surface area contributed by atoms with E-state index in [9.17, 15) is 0 Å². The van der Waals surface area contributed by atoms with Crippen LogP contribution < -0.4 is 10.6 Å². The average molecular weight is 505 g/mol. The summed E-state index contributed by atoms with van der Waals surface area (Å²) in [5, 5.41) is 7.55. The Hall–Kier alpha value is -0.0800. The van der Waals surface area contributed by atoms with E-state index in [-0.39, 0.29) is 29.4 Å². The van der Waals surface area contributed by atoms with Crippen LogP contribution in [0.15, 0.2) is 4.99 Å². The van der Waals surface area contributed by atoms with Crippen LogP contribution in [0.2, 0.25) is 0 Å². The molecule has 2 aliphatic carbocycles. The van der Waals surface area contributed by atoms with Gasteiger partial charge in [0, 0.05) is 55.7 Å². The van der Waals surface area contributed by atoms with E-state index >= 15 is 0 Å². The molecule has 6 heteroatoms. The van der Waals surface area contributed by atoms with Gasteiger partial charge >= 0.3 is 0 Å². The first-order valence-corrected chi connectivity index (χ1v) is 11.5. The molecule has 0 aromatic carbocycles. The van der Waals surface area contributed by atoms with Gasteiger partial charge in [0.25, 0.3) is 0 Å². The lowest BCUT2D eigenvalue weighted by Gasteiger charge is -2.55. The molecule has 4 rings (SSSR count). The molecule has 0 bridgehead atoms. The predicted octanol–water partition coefficient (Wildman–Crippen LogP) is 3.77. The number of likely N-dealkylation sites (tertiary alicyclic amines) is 1. The van der Waals surface area contributed by atoms with E-state index in [0.29, 0.717) is 24.1 Å². The number of piperidine rings is 1. The number of halogens is 1. The van der Waals surface area contributed by atoms with Crippen molar-refractivity contribution < 1.29 is 4.74 Å². The van der Waals surface area contributed by atoms with Crippen molar-refractivity contribution in [1.82, 2.24) is 15.5 Å². The van der Waals surface area contributed by atoms with Crippen LogP contribution >= 0.6 is 24.0 Å². The van der Waals surface area contributed by atoms with E-state index < -0.39 is 0 Å². The fraction of sp³-hybridized carbons (Fsp3) is 0.955. The topological polar surface area (TPSA) is 48.9 Å². The summed E-state index contributed by atoms with van der Waals surface area (Å²) < 4.78 is 5.95. The highest BCUT2D eigenvalue weighted by Gasteiger charge is 2.59. The summed E-state index contributed by atoms with van der Waals surface area (Å²) in [5.41, 5.74) is 0.196. The summed E-state index contributed by atoms with van der Waals surface area (Å²) in [6.07, 6.45) is 11.2. The van der Waals surface area contributed by atoms with Crippen LogP contribution in [-0.2, 0) is 4.74 Å². The van der Waals surface area contributed by atoms with Gasteiger partial charge in [0.05, 0.1) is 6.10 Å². The zero-order valence-corrected chi connectivity index (χ0v) is 20.4. The number of hydrogen-bond donors (Lipinski definition) is 2. The van der Waals surface area contributed by atoms with Crippen molar-refractivity contribution in [3.63, 3.8) is 0 Å². The molecule has 0 aromatic heterocycles. The molecule has 4 aliphatic rings. The first kappa shape index (κ1) is 22.6. The molecule has 2 heterocycles. The number of nitrogens with zero attached hydrogens (tertiary/aromatic N) is 2. The maximum absolute atomic E-state index is 5.95. The van der Waals surface area contributed by atoms with Crippen LogP contribution in [0.1, 0.15) is 72.1 Å². The van der Waals surface area contributed by atoms with Gasteiger partial charge in [0.1, 0.15) is 0 Å². The van der Waals surface area contributed by atoms with Gasteiger partial charge in [-0.05, 0) is 39.0 Å². The van der Waals surface area contributed by atoms with Gasteiger partial charge in [0.15, 0.2) is 5.96 Å². The minimum Gasteiger partial charge on any atom is -0.377 e. The number of guanidine groups is 1. The second-order valence-electron chi connectivity index (χ2n) is 9.76. The summed E-state index contributed by atoms with van der Waals surface area (Å²) in [6.45, 7) is 11.0. The summed E-state index contributed by atoms with van der Waals surface area (Å²) >= 11 is 0. The van der Waals surface area contributed by atoms with Crippen molar-refractivity contribution in [2.45, 2.75) is 96.4 Å². The second kappa shape index (κ2) is 9.82. The zero-order chi connectivity index (χ0) is 18.9. The molecule has 2 N–H and O–H groups in total. The molecule has 2 aliphatic heterocycles. The van der Waals surface area contributed by atoms with Crippen LogP contribution in [0, 0.1) is 11.3 Å². The third-order valence-electron chi connectivity index (χ3n) is 7.67. The van der Waals surface area contributed by atoms with Crippen molar-refractivity contribution in [3.8, 4) is 0 Å². The highest BCUT2D eigenvalue weighted by Crippen LogP contribution is 2.52. The van der Waals surface area contributed by atoms with Crippen molar-refractivity contribution in [2.75, 3.05) is 26.2 Å². The van der Waals surface area contributed by atoms with E-state index in [0.717, 1.165) is 25.2 Å². The molecule has 28 heavy (non-hydrogen) atoms. The monoisotopic (exact) mass is 504 g/mol. The van der Waals surface area contributed by atoms with Gasteiger partial charge in [-0.2, -0.15) is 0 Å². The van der Waals surface area contributed by atoms with E-state index in [1.54, 1.807) is 0 Å². The predicted molar refractivity (Wildman–Crippen MR) is 127 cm³/mol. The number of aliphatic imine (C=N–C) groups is 1. The molecule has 162 valence electrons. The molecule has 5 nitrogen and oxygen atoms in total. The van der Waals surface area contributed by atoms with E-state index in [1.807, 2.05) is 0 Å². The number of hydrogen-bond acceptors (Lipinski definition) is 3. The molecule has 3 unspecified atom stereocenters. The third kappa shape index (κ3) is 4.64. The largest absolute Gasteiger partial charge is 0.377 e. The van der Waals surface area contributed by atoms with Crippen LogP contribution in [0.4, 0.5) is 0 Å². The van der Waals surface area contributed by atoms with Crippen LogP contribution in [-0.4, -0.2) is 61.3 Å². The Morgan fingerprint density at radius 1 is 1.04 bits per heavy atom. The molecule has 2 saturated carbocycles. The molecule has 4 fully saturated rings. The summed E-state index contributed by atoms with van der Waals surface area (Å²) in [4.78, 5) is 7.53. The summed E-state index contributed by atoms with van der Waals surface area (Å²) in [6, 6.07) is 1.89. The maximum Gasteiger partial charge on any atom is 0.191 e. The van der Waals surface area contributed by atoms with Gasteiger partial charge < -0.3 is 20.3 Å². The lowest BCUT2D eigenvalue weighted by atomic mass is 9.57. The molecule has 0 radical (unpaired) electrons. The quantitative estimate of drug-likeness (QED) is 0.348. The standard InChI is InChI=1S/C22H40N4O.HI/c1-4-23-21(25-19-18-12-15-27-20(18)22(19,2)3)24-16-10-13-26(14-11-16)17-8-6-5-7-9-17;/h16-20H,4-15H2,1-3H3,(H2,23,24,25);1H. The van der Waals surface area contributed by atoms with Gasteiger partial charge in [-0.25, -0.2) is 0 Å². The van der Waals surface area contributed by atoms with Crippen LogP contribution in [0.25, 0.3) is 0 Å². The number of rotatable bonds is 4. The lowest BCUT2D eigenvalue weighted by molar-refractivity contribution is -0.106. The molecule has 2 saturated heterocycles. The van der Waals surface area contributed by atoms with E-state index in [1.165, 1.54) is 64.5 Å². The molecule has 3 atom stereocenters. The first-order chi connectivity index (χ1) is 13.1. The number of ether oxygens (including phenoxy) is 1. The van der Waals surface area contributed by atoms with E-state index in [4.69, 9.17) is 9.73 Å². The van der Waals surface area contributed by atoms with Crippen molar-refractivity contribution in [2.24, 2.45) is 16.3 Å². The molecular weight excluding hydrogens is 463 g/mol. The molecule has 0 aromatic rings. The lowest BCUT2D eigenvalue weighted by Crippen LogP contribution is -2.68. The van der Waals surface area contributed by atoms with Gasteiger partial charge in [0.2, 0.25) is 0 Å². The first-order valence-electron chi connectivity index (χ1n) is 11.5. The fourth-order valence-corrected chi connectivity index (χ4v) is 6.10. The maximum atomic E-state index is 5.95. The van der Waals surface area contributed by atoms with Gasteiger partial charge in [-0.15, -0.1) is 24.0 Å². The number of fused-ring (bicyclic) bond motifs is 1. The van der Waals surface area contributed by atoms with E-state index in [2.05, 4.69) is 36.3 Å². The van der Waals surface area contributed by atoms with Crippen LogP contribution in [0.5, 0.6) is 0 Å². The SMILES string of the molecule is CCN=C(NC1CCN(C2CCCCC2)CC1)NC1C2CCOC2C1(C)C.I. The molecule has 0 amide bonds. The smallest absolute Gasteiger partial charge is 0.191 e. The molecular formula is C22H41IN4O. The zero-order valence-electron chi connectivity index (χ0n) is 18.1. The normalized spacial score (nSPS) is 34.2. The Bertz CT molecular complexity index is 527. The highest BCUT2D eigenvalue weighted by atomic mass is 127. The average Bonchev–Trinajstić information content (AvgIpc) is 3.15. The summed E-state index contributed by atoms with van der Waals surface area (Å²) in [5.74, 6) is 1.68. The second-order valence-corrected chi connectivity index (χ2v) is 9.76. The molecule has 0 spiro atoms. The Balaban J connectivity index is 0.00000225. The minimum absolute atomic E-state index is 0.